The van der Waals surface area contributed by atoms with Gasteiger partial charge in [0.15, 0.2) is 16.6 Å². The van der Waals surface area contributed by atoms with Gasteiger partial charge in [0.05, 0.1) is 11.6 Å². The summed E-state index contributed by atoms with van der Waals surface area (Å²) in [5, 5.41) is 12.9. The van der Waals surface area contributed by atoms with Crippen molar-refractivity contribution in [3.63, 3.8) is 0 Å². The maximum absolute atomic E-state index is 12.1. The molecule has 0 saturated carbocycles. The molecule has 0 fully saturated rings. The molecule has 0 spiro atoms. The number of methoxy groups -OCH3 is 1. The number of hydrogen-bond acceptors (Lipinski definition) is 5. The van der Waals surface area contributed by atoms with Gasteiger partial charge in [-0.05, 0) is 35.0 Å². The van der Waals surface area contributed by atoms with Crippen LogP contribution >= 0.6 is 27.3 Å². The highest BCUT2D eigenvalue weighted by Gasteiger charge is 2.14. The molecule has 5 nitrogen and oxygen atoms in total. The molecule has 0 unspecified atom stereocenters. The molecule has 0 saturated heterocycles. The fourth-order valence-corrected chi connectivity index (χ4v) is 2.54. The van der Waals surface area contributed by atoms with E-state index in [0.29, 0.717) is 15.2 Å². The second-order valence-corrected chi connectivity index (χ2v) is 5.83. The minimum absolute atomic E-state index is 0.0378. The number of hydrogen-bond donors (Lipinski definition) is 2. The van der Waals surface area contributed by atoms with Gasteiger partial charge >= 0.3 is 0 Å². The Morgan fingerprint density at radius 3 is 2.84 bits per heavy atom. The number of anilines is 1. The predicted octanol–water partition coefficient (Wildman–Crippen LogP) is 3.18. The van der Waals surface area contributed by atoms with Gasteiger partial charge in [-0.3, -0.25) is 10.1 Å². The zero-order valence-corrected chi connectivity index (χ0v) is 12.6. The van der Waals surface area contributed by atoms with Crippen molar-refractivity contribution >= 4 is 38.3 Å². The van der Waals surface area contributed by atoms with Gasteiger partial charge in [-0.2, -0.15) is 0 Å². The molecule has 0 radical (unpaired) electrons. The summed E-state index contributed by atoms with van der Waals surface area (Å²) in [5.41, 5.74) is 0.370. The number of phenolic OH excluding ortho intramolecular Hbond substituents is 1. The molecule has 19 heavy (non-hydrogen) atoms. The minimum Gasteiger partial charge on any atom is -0.503 e. The minimum atomic E-state index is -0.312. The first-order valence-corrected chi connectivity index (χ1v) is 6.92. The average molecular weight is 343 g/mol. The molecule has 7 heteroatoms. The molecule has 2 rings (SSSR count). The summed E-state index contributed by atoms with van der Waals surface area (Å²) in [6, 6.07) is 2.99. The van der Waals surface area contributed by atoms with E-state index >= 15 is 0 Å². The molecule has 2 N–H and O–H groups in total. The first-order valence-electron chi connectivity index (χ1n) is 5.31. The quantitative estimate of drug-likeness (QED) is 0.898. The number of carbonyl (C=O) groups excluding carboxylic acids is 1. The van der Waals surface area contributed by atoms with Gasteiger partial charge in [-0.15, -0.1) is 11.3 Å². The molecule has 100 valence electrons. The third kappa shape index (κ3) is 3.05. The molecule has 0 atom stereocenters. The second kappa shape index (κ2) is 5.58. The van der Waals surface area contributed by atoms with Gasteiger partial charge in [0.1, 0.15) is 0 Å². The lowest BCUT2D eigenvalue weighted by Crippen LogP contribution is -2.11. The Kier molecular flexibility index (Phi) is 4.06. The Morgan fingerprint density at radius 1 is 1.53 bits per heavy atom. The first kappa shape index (κ1) is 13.8. The first-order chi connectivity index (χ1) is 9.01. The average Bonchev–Trinajstić information content (AvgIpc) is 2.77. The van der Waals surface area contributed by atoms with Gasteiger partial charge in [0.25, 0.3) is 5.91 Å². The van der Waals surface area contributed by atoms with Crippen LogP contribution in [0.3, 0.4) is 0 Å². The summed E-state index contributed by atoms with van der Waals surface area (Å²) in [7, 11) is 1.42. The molecular weight excluding hydrogens is 332 g/mol. The Balaban J connectivity index is 2.26. The fourth-order valence-electron chi connectivity index (χ4n) is 1.44. The van der Waals surface area contributed by atoms with Crippen LogP contribution in [0.2, 0.25) is 0 Å². The number of halogens is 1. The summed E-state index contributed by atoms with van der Waals surface area (Å²) in [6.45, 7) is 1.91. The van der Waals surface area contributed by atoms with Crippen LogP contribution in [0.1, 0.15) is 15.2 Å². The summed E-state index contributed by atoms with van der Waals surface area (Å²) in [6.07, 6.45) is 1.69. The molecule has 1 aromatic carbocycles. The number of amides is 1. The van der Waals surface area contributed by atoms with Crippen molar-refractivity contribution in [2.24, 2.45) is 0 Å². The zero-order chi connectivity index (χ0) is 14.0. The fraction of sp³-hybridized carbons (Fsp3) is 0.167. The number of aromatic nitrogens is 1. The van der Waals surface area contributed by atoms with E-state index in [-0.39, 0.29) is 17.4 Å². The summed E-state index contributed by atoms with van der Waals surface area (Å²) in [5.74, 6) is -0.118. The highest BCUT2D eigenvalue weighted by Crippen LogP contribution is 2.35. The van der Waals surface area contributed by atoms with E-state index in [0.717, 1.165) is 4.88 Å². The molecule has 1 heterocycles. The number of aryl methyl sites for hydroxylation is 1. The van der Waals surface area contributed by atoms with E-state index in [1.54, 1.807) is 6.20 Å². The molecule has 0 aliphatic heterocycles. The maximum atomic E-state index is 12.1. The van der Waals surface area contributed by atoms with E-state index in [9.17, 15) is 9.90 Å². The van der Waals surface area contributed by atoms with Crippen molar-refractivity contribution in [1.29, 1.82) is 0 Å². The standard InChI is InChI=1S/C12H11BrN2O3S/c1-6-5-14-12(19-6)15-11(17)7-3-8(13)10(16)9(4-7)18-2/h3-5,16H,1-2H3,(H,14,15,17). The lowest BCUT2D eigenvalue weighted by atomic mass is 10.2. The number of thiazole rings is 1. The van der Waals surface area contributed by atoms with Crippen LogP contribution in [-0.4, -0.2) is 23.1 Å². The third-order valence-corrected chi connectivity index (χ3v) is 3.78. The van der Waals surface area contributed by atoms with Crippen molar-refractivity contribution < 1.29 is 14.6 Å². The number of aromatic hydroxyl groups is 1. The highest BCUT2D eigenvalue weighted by atomic mass is 79.9. The Bertz CT molecular complexity index is 627. The van der Waals surface area contributed by atoms with Crippen molar-refractivity contribution in [3.8, 4) is 11.5 Å². The van der Waals surface area contributed by atoms with E-state index in [1.165, 1.54) is 30.6 Å². The number of phenols is 1. The molecule has 1 aromatic heterocycles. The van der Waals surface area contributed by atoms with E-state index in [4.69, 9.17) is 4.74 Å². The van der Waals surface area contributed by atoms with Gasteiger partial charge in [-0.25, -0.2) is 4.98 Å². The van der Waals surface area contributed by atoms with Crippen molar-refractivity contribution in [2.75, 3.05) is 12.4 Å². The van der Waals surface area contributed by atoms with Gasteiger partial charge < -0.3 is 9.84 Å². The van der Waals surface area contributed by atoms with Crippen molar-refractivity contribution in [3.05, 3.63) is 33.2 Å². The molecular formula is C12H11BrN2O3S. The summed E-state index contributed by atoms with van der Waals surface area (Å²) in [4.78, 5) is 17.1. The van der Waals surface area contributed by atoms with Gasteiger partial charge in [0.2, 0.25) is 0 Å². The predicted molar refractivity (Wildman–Crippen MR) is 77.2 cm³/mol. The molecule has 0 aliphatic carbocycles. The normalized spacial score (nSPS) is 10.3. The lowest BCUT2D eigenvalue weighted by Gasteiger charge is -2.08. The van der Waals surface area contributed by atoms with E-state index in [2.05, 4.69) is 26.2 Å². The highest BCUT2D eigenvalue weighted by molar-refractivity contribution is 9.10. The van der Waals surface area contributed by atoms with Crippen LogP contribution in [0, 0.1) is 6.92 Å². The topological polar surface area (TPSA) is 71.5 Å². The van der Waals surface area contributed by atoms with Crippen LogP contribution in [0.25, 0.3) is 0 Å². The number of carbonyl (C=O) groups is 1. The van der Waals surface area contributed by atoms with Gasteiger partial charge in [0, 0.05) is 16.6 Å². The van der Waals surface area contributed by atoms with Crippen LogP contribution < -0.4 is 10.1 Å². The zero-order valence-electron chi connectivity index (χ0n) is 10.2. The van der Waals surface area contributed by atoms with Crippen molar-refractivity contribution in [1.82, 2.24) is 4.98 Å². The Hall–Kier alpha value is -1.60. The smallest absolute Gasteiger partial charge is 0.257 e. The van der Waals surface area contributed by atoms with Crippen LogP contribution in [0.4, 0.5) is 5.13 Å². The third-order valence-electron chi connectivity index (χ3n) is 2.35. The monoisotopic (exact) mass is 342 g/mol. The van der Waals surface area contributed by atoms with Crippen LogP contribution in [0.5, 0.6) is 11.5 Å². The van der Waals surface area contributed by atoms with Crippen molar-refractivity contribution in [2.45, 2.75) is 6.92 Å². The van der Waals surface area contributed by atoms with Gasteiger partial charge in [-0.1, -0.05) is 0 Å². The number of rotatable bonds is 3. The van der Waals surface area contributed by atoms with Crippen LogP contribution in [0.15, 0.2) is 22.8 Å². The Morgan fingerprint density at radius 2 is 2.26 bits per heavy atom. The Labute approximate surface area is 122 Å². The van der Waals surface area contributed by atoms with E-state index < -0.39 is 0 Å². The SMILES string of the molecule is COc1cc(C(=O)Nc2ncc(C)s2)cc(Br)c1O. The summed E-state index contributed by atoms with van der Waals surface area (Å²) >= 11 is 4.57. The number of benzene rings is 1. The maximum Gasteiger partial charge on any atom is 0.257 e. The number of nitrogens with zero attached hydrogens (tertiary/aromatic N) is 1. The largest absolute Gasteiger partial charge is 0.503 e. The number of ether oxygens (including phenoxy) is 1. The second-order valence-electron chi connectivity index (χ2n) is 3.74. The summed E-state index contributed by atoms with van der Waals surface area (Å²) < 4.78 is 5.39. The van der Waals surface area contributed by atoms with E-state index in [1.807, 2.05) is 6.92 Å². The number of nitrogens with one attached hydrogen (secondary N) is 1. The molecule has 0 bridgehead atoms. The molecule has 1 amide bonds. The lowest BCUT2D eigenvalue weighted by molar-refractivity contribution is 0.102. The molecule has 2 aromatic rings. The molecule has 0 aliphatic rings. The van der Waals surface area contributed by atoms with Crippen LogP contribution in [-0.2, 0) is 0 Å².